The van der Waals surface area contributed by atoms with Crippen molar-refractivity contribution >= 4 is 29.3 Å². The SMILES string of the molecule is COC(=O)[C@@H](C)[C@@H]1Sc2ccccc2N(Cc2cc(C)ccc2C)C1=O. The molecule has 2 aromatic rings. The number of nitrogens with zero attached hydrogens (tertiary/aromatic N) is 1. The zero-order chi connectivity index (χ0) is 18.8. The summed E-state index contributed by atoms with van der Waals surface area (Å²) in [5.41, 5.74) is 4.33. The van der Waals surface area contributed by atoms with Crippen LogP contribution in [0.1, 0.15) is 23.6 Å². The van der Waals surface area contributed by atoms with Crippen molar-refractivity contribution < 1.29 is 14.3 Å². The number of amides is 1. The van der Waals surface area contributed by atoms with E-state index in [0.29, 0.717) is 6.54 Å². The third-order valence-electron chi connectivity index (χ3n) is 4.78. The summed E-state index contributed by atoms with van der Waals surface area (Å²) in [6.45, 7) is 6.35. The molecule has 4 nitrogen and oxygen atoms in total. The standard InChI is InChI=1S/C21H23NO3S/c1-13-9-10-14(2)16(11-13)12-22-17-7-5-6-8-18(17)26-19(20(22)23)15(3)21(24)25-4/h5-11,15,19H,12H2,1-4H3/t15-,19-/m0/s1. The maximum absolute atomic E-state index is 13.2. The molecule has 0 radical (unpaired) electrons. The molecule has 136 valence electrons. The van der Waals surface area contributed by atoms with E-state index in [9.17, 15) is 9.59 Å². The molecule has 26 heavy (non-hydrogen) atoms. The molecule has 0 spiro atoms. The van der Waals surface area contributed by atoms with E-state index in [-0.39, 0.29) is 11.9 Å². The molecule has 0 aromatic heterocycles. The molecule has 5 heteroatoms. The molecule has 0 saturated heterocycles. The van der Waals surface area contributed by atoms with Gasteiger partial charge in [0.25, 0.3) is 0 Å². The summed E-state index contributed by atoms with van der Waals surface area (Å²) < 4.78 is 4.87. The van der Waals surface area contributed by atoms with E-state index in [2.05, 4.69) is 25.1 Å². The smallest absolute Gasteiger partial charge is 0.310 e. The molecule has 1 amide bonds. The Morgan fingerprint density at radius 1 is 1.23 bits per heavy atom. The number of hydrogen-bond acceptors (Lipinski definition) is 4. The molecule has 2 atom stereocenters. The van der Waals surface area contributed by atoms with Gasteiger partial charge in [-0.1, -0.05) is 42.8 Å². The lowest BCUT2D eigenvalue weighted by atomic mass is 10.0. The number of fused-ring (bicyclic) bond motifs is 1. The van der Waals surface area contributed by atoms with E-state index < -0.39 is 11.2 Å². The van der Waals surface area contributed by atoms with E-state index in [4.69, 9.17) is 4.74 Å². The predicted molar refractivity (Wildman–Crippen MR) is 104 cm³/mol. The van der Waals surface area contributed by atoms with Crippen molar-refractivity contribution in [2.24, 2.45) is 5.92 Å². The summed E-state index contributed by atoms with van der Waals surface area (Å²) >= 11 is 1.45. The lowest BCUT2D eigenvalue weighted by Crippen LogP contribution is -2.45. The first-order valence-electron chi connectivity index (χ1n) is 8.63. The number of methoxy groups -OCH3 is 1. The summed E-state index contributed by atoms with van der Waals surface area (Å²) in [5.74, 6) is -0.915. The van der Waals surface area contributed by atoms with Gasteiger partial charge in [-0.15, -0.1) is 11.8 Å². The van der Waals surface area contributed by atoms with Crippen LogP contribution in [0.5, 0.6) is 0 Å². The maximum atomic E-state index is 13.2. The van der Waals surface area contributed by atoms with Crippen LogP contribution >= 0.6 is 11.8 Å². The Balaban J connectivity index is 2.00. The van der Waals surface area contributed by atoms with Gasteiger partial charge in [0.15, 0.2) is 0 Å². The first-order valence-corrected chi connectivity index (χ1v) is 9.51. The van der Waals surface area contributed by atoms with Crippen molar-refractivity contribution in [2.75, 3.05) is 12.0 Å². The van der Waals surface area contributed by atoms with Crippen LogP contribution in [0.2, 0.25) is 0 Å². The highest BCUT2D eigenvalue weighted by atomic mass is 32.2. The summed E-state index contributed by atoms with van der Waals surface area (Å²) in [6, 6.07) is 14.1. The number of carbonyl (C=O) groups excluding carboxylic acids is 2. The lowest BCUT2D eigenvalue weighted by molar-refractivity contribution is -0.146. The number of rotatable bonds is 4. The maximum Gasteiger partial charge on any atom is 0.310 e. The Bertz CT molecular complexity index is 849. The first-order chi connectivity index (χ1) is 12.4. The number of hydrogen-bond donors (Lipinski definition) is 0. The monoisotopic (exact) mass is 369 g/mol. The van der Waals surface area contributed by atoms with Crippen molar-refractivity contribution in [1.29, 1.82) is 0 Å². The minimum Gasteiger partial charge on any atom is -0.469 e. The molecule has 0 N–H and O–H groups in total. The Labute approximate surface area is 158 Å². The van der Waals surface area contributed by atoms with Crippen LogP contribution in [0.3, 0.4) is 0 Å². The van der Waals surface area contributed by atoms with E-state index in [1.165, 1.54) is 18.9 Å². The largest absolute Gasteiger partial charge is 0.469 e. The second-order valence-electron chi connectivity index (χ2n) is 6.67. The summed E-state index contributed by atoms with van der Waals surface area (Å²) in [7, 11) is 1.36. The van der Waals surface area contributed by atoms with Crippen LogP contribution in [-0.4, -0.2) is 24.2 Å². The van der Waals surface area contributed by atoms with Crippen molar-refractivity contribution in [1.82, 2.24) is 0 Å². The third-order valence-corrected chi connectivity index (χ3v) is 6.24. The highest BCUT2D eigenvalue weighted by molar-refractivity contribution is 8.01. The normalized spacial score (nSPS) is 17.6. The van der Waals surface area contributed by atoms with Gasteiger partial charge in [0.05, 0.1) is 25.3 Å². The topological polar surface area (TPSA) is 46.6 Å². The molecule has 3 rings (SSSR count). The molecular weight excluding hydrogens is 346 g/mol. The van der Waals surface area contributed by atoms with Gasteiger partial charge in [-0.25, -0.2) is 0 Å². The van der Waals surface area contributed by atoms with E-state index in [1.54, 1.807) is 11.8 Å². The molecule has 1 heterocycles. The Morgan fingerprint density at radius 2 is 1.96 bits per heavy atom. The number of benzene rings is 2. The third kappa shape index (κ3) is 3.49. The van der Waals surface area contributed by atoms with Crippen molar-refractivity contribution in [2.45, 2.75) is 37.5 Å². The highest BCUT2D eigenvalue weighted by Crippen LogP contribution is 2.42. The number of anilines is 1. The lowest BCUT2D eigenvalue weighted by Gasteiger charge is -2.35. The van der Waals surface area contributed by atoms with Crippen LogP contribution in [0.15, 0.2) is 47.4 Å². The van der Waals surface area contributed by atoms with Gasteiger partial charge in [-0.2, -0.15) is 0 Å². The van der Waals surface area contributed by atoms with Gasteiger partial charge in [-0.05, 0) is 37.1 Å². The fraction of sp³-hybridized carbons (Fsp3) is 0.333. The quantitative estimate of drug-likeness (QED) is 0.761. The van der Waals surface area contributed by atoms with E-state index >= 15 is 0 Å². The molecular formula is C21H23NO3S. The van der Waals surface area contributed by atoms with Gasteiger partial charge in [0.1, 0.15) is 5.25 Å². The minimum absolute atomic E-state index is 0.0486. The molecule has 1 aliphatic rings. The van der Waals surface area contributed by atoms with Gasteiger partial charge in [0.2, 0.25) is 5.91 Å². The zero-order valence-corrected chi connectivity index (χ0v) is 16.3. The van der Waals surface area contributed by atoms with Gasteiger partial charge in [0, 0.05) is 4.90 Å². The van der Waals surface area contributed by atoms with Crippen LogP contribution in [-0.2, 0) is 20.9 Å². The molecule has 0 unspecified atom stereocenters. The van der Waals surface area contributed by atoms with Gasteiger partial charge >= 0.3 is 5.97 Å². The van der Waals surface area contributed by atoms with Crippen molar-refractivity contribution in [3.63, 3.8) is 0 Å². The second-order valence-corrected chi connectivity index (χ2v) is 7.86. The van der Waals surface area contributed by atoms with E-state index in [1.807, 2.05) is 31.2 Å². The molecule has 0 aliphatic carbocycles. The van der Waals surface area contributed by atoms with Crippen LogP contribution < -0.4 is 4.90 Å². The molecule has 0 bridgehead atoms. The minimum atomic E-state index is -0.507. The number of aryl methyl sites for hydroxylation is 2. The summed E-state index contributed by atoms with van der Waals surface area (Å²) in [6.07, 6.45) is 0. The number of ether oxygens (including phenoxy) is 1. The van der Waals surface area contributed by atoms with Gasteiger partial charge in [-0.3, -0.25) is 9.59 Å². The summed E-state index contributed by atoms with van der Waals surface area (Å²) in [4.78, 5) is 28.1. The second kappa shape index (κ2) is 7.54. The molecule has 0 saturated carbocycles. The van der Waals surface area contributed by atoms with E-state index in [0.717, 1.165) is 27.3 Å². The van der Waals surface area contributed by atoms with Crippen molar-refractivity contribution in [3.05, 3.63) is 59.2 Å². The Hall–Kier alpha value is -2.27. The predicted octanol–water partition coefficient (Wildman–Crippen LogP) is 4.12. The fourth-order valence-corrected chi connectivity index (χ4v) is 4.44. The molecule has 0 fully saturated rings. The first kappa shape index (κ1) is 18.5. The van der Waals surface area contributed by atoms with Gasteiger partial charge < -0.3 is 9.64 Å². The van der Waals surface area contributed by atoms with Crippen LogP contribution in [0, 0.1) is 19.8 Å². The fourth-order valence-electron chi connectivity index (χ4n) is 3.17. The zero-order valence-electron chi connectivity index (χ0n) is 15.5. The molecule has 2 aromatic carbocycles. The average Bonchev–Trinajstić information content (AvgIpc) is 2.65. The average molecular weight is 369 g/mol. The Kier molecular flexibility index (Phi) is 5.37. The number of carbonyl (C=O) groups is 2. The number of esters is 1. The van der Waals surface area contributed by atoms with Crippen LogP contribution in [0.4, 0.5) is 5.69 Å². The highest BCUT2D eigenvalue weighted by Gasteiger charge is 2.39. The van der Waals surface area contributed by atoms with Crippen LogP contribution in [0.25, 0.3) is 0 Å². The van der Waals surface area contributed by atoms with Crippen molar-refractivity contribution in [3.8, 4) is 0 Å². The number of para-hydroxylation sites is 1. The number of thioether (sulfide) groups is 1. The molecule has 1 aliphatic heterocycles. The Morgan fingerprint density at radius 3 is 2.69 bits per heavy atom. The summed E-state index contributed by atoms with van der Waals surface area (Å²) in [5, 5.41) is -0.484.